The lowest BCUT2D eigenvalue weighted by atomic mass is 10.3. The van der Waals surface area contributed by atoms with E-state index in [4.69, 9.17) is 9.47 Å². The highest BCUT2D eigenvalue weighted by Crippen LogP contribution is 2.20. The second-order valence-corrected chi connectivity index (χ2v) is 5.69. The smallest absolute Gasteiger partial charge is 0.119 e. The first-order valence-corrected chi connectivity index (χ1v) is 7.66. The highest BCUT2D eigenvalue weighted by atomic mass is 32.1. The van der Waals surface area contributed by atoms with Gasteiger partial charge in [0.25, 0.3) is 0 Å². The molecule has 1 aromatic heterocycles. The number of methoxy groups -OCH3 is 1. The minimum atomic E-state index is 0.582. The van der Waals surface area contributed by atoms with Gasteiger partial charge in [-0.1, -0.05) is 6.92 Å². The van der Waals surface area contributed by atoms with Crippen molar-refractivity contribution in [3.8, 4) is 5.75 Å². The van der Waals surface area contributed by atoms with Crippen molar-refractivity contribution < 1.29 is 9.47 Å². The highest BCUT2D eigenvalue weighted by molar-refractivity contribution is 7.12. The number of hydrogen-bond acceptors (Lipinski definition) is 4. The van der Waals surface area contributed by atoms with E-state index < -0.39 is 0 Å². The summed E-state index contributed by atoms with van der Waals surface area (Å²) in [6.45, 7) is 4.25. The van der Waals surface area contributed by atoms with E-state index in [9.17, 15) is 0 Å². The number of ether oxygens (including phenoxy) is 2. The number of anilines is 1. The van der Waals surface area contributed by atoms with Crippen molar-refractivity contribution >= 4 is 17.0 Å². The minimum Gasteiger partial charge on any atom is -0.491 e. The molecule has 0 spiro atoms. The fourth-order valence-electron chi connectivity index (χ4n) is 1.81. The van der Waals surface area contributed by atoms with Gasteiger partial charge in [-0.15, -0.1) is 11.3 Å². The second kappa shape index (κ2) is 7.92. The Hall–Kier alpha value is -1.52. The van der Waals surface area contributed by atoms with E-state index in [2.05, 4.69) is 24.4 Å². The first-order chi connectivity index (χ1) is 9.81. The predicted molar refractivity (Wildman–Crippen MR) is 84.8 cm³/mol. The van der Waals surface area contributed by atoms with Crippen molar-refractivity contribution in [2.75, 3.05) is 25.6 Å². The Bertz CT molecular complexity index is 507. The van der Waals surface area contributed by atoms with Crippen LogP contribution in [0.25, 0.3) is 0 Å². The molecule has 1 heterocycles. The van der Waals surface area contributed by atoms with Gasteiger partial charge in [0.15, 0.2) is 0 Å². The zero-order chi connectivity index (χ0) is 14.2. The molecule has 0 saturated heterocycles. The minimum absolute atomic E-state index is 0.582. The molecule has 0 fully saturated rings. The molecule has 0 aliphatic heterocycles. The van der Waals surface area contributed by atoms with Crippen LogP contribution in [0.15, 0.2) is 36.4 Å². The van der Waals surface area contributed by atoms with E-state index in [1.807, 2.05) is 35.6 Å². The van der Waals surface area contributed by atoms with E-state index >= 15 is 0 Å². The summed E-state index contributed by atoms with van der Waals surface area (Å²) in [4.78, 5) is 2.80. The van der Waals surface area contributed by atoms with E-state index in [1.54, 1.807) is 7.11 Å². The summed E-state index contributed by atoms with van der Waals surface area (Å²) >= 11 is 1.87. The average Bonchev–Trinajstić information content (AvgIpc) is 2.95. The monoisotopic (exact) mass is 291 g/mol. The molecular weight excluding hydrogens is 270 g/mol. The Balaban J connectivity index is 1.81. The lowest BCUT2D eigenvalue weighted by Gasteiger charge is -2.08. The topological polar surface area (TPSA) is 30.5 Å². The van der Waals surface area contributed by atoms with Crippen LogP contribution in [0.4, 0.5) is 5.69 Å². The molecule has 0 aliphatic carbocycles. The van der Waals surface area contributed by atoms with E-state index in [-0.39, 0.29) is 0 Å². The molecule has 0 amide bonds. The molecule has 0 unspecified atom stereocenters. The van der Waals surface area contributed by atoms with Crippen molar-refractivity contribution in [3.63, 3.8) is 0 Å². The third-order valence-corrected chi connectivity index (χ3v) is 4.17. The highest BCUT2D eigenvalue weighted by Gasteiger charge is 1.99. The lowest BCUT2D eigenvalue weighted by molar-refractivity contribution is 0.146. The molecule has 0 saturated carbocycles. The molecular formula is C16H21NO2S. The molecule has 108 valence electrons. The maximum atomic E-state index is 5.53. The van der Waals surface area contributed by atoms with Gasteiger partial charge in [0.05, 0.1) is 6.61 Å². The Morgan fingerprint density at radius 1 is 1.00 bits per heavy atom. The summed E-state index contributed by atoms with van der Waals surface area (Å²) in [6, 6.07) is 12.4. The van der Waals surface area contributed by atoms with E-state index in [0.717, 1.165) is 24.4 Å². The fraction of sp³-hybridized carbons (Fsp3) is 0.375. The van der Waals surface area contributed by atoms with Crippen LogP contribution < -0.4 is 10.1 Å². The molecule has 2 rings (SSSR count). The molecule has 4 heteroatoms. The summed E-state index contributed by atoms with van der Waals surface area (Å²) in [7, 11) is 1.67. The summed E-state index contributed by atoms with van der Waals surface area (Å²) in [5, 5.41) is 3.42. The van der Waals surface area contributed by atoms with Gasteiger partial charge in [0, 0.05) is 29.1 Å². The van der Waals surface area contributed by atoms with Crippen molar-refractivity contribution in [2.45, 2.75) is 19.9 Å². The second-order valence-electron chi connectivity index (χ2n) is 4.44. The van der Waals surface area contributed by atoms with Gasteiger partial charge in [-0.3, -0.25) is 0 Å². The summed E-state index contributed by atoms with van der Waals surface area (Å²) < 4.78 is 10.5. The van der Waals surface area contributed by atoms with Crippen molar-refractivity contribution in [1.82, 2.24) is 0 Å². The van der Waals surface area contributed by atoms with Crippen LogP contribution in [-0.4, -0.2) is 20.3 Å². The number of aryl methyl sites for hydroxylation is 1. The molecule has 3 nitrogen and oxygen atoms in total. The molecule has 0 bridgehead atoms. The number of nitrogens with one attached hydrogen (secondary N) is 1. The van der Waals surface area contributed by atoms with Crippen LogP contribution in [0.3, 0.4) is 0 Å². The van der Waals surface area contributed by atoms with Gasteiger partial charge in [-0.2, -0.15) is 0 Å². The summed E-state index contributed by atoms with van der Waals surface area (Å²) in [6.07, 6.45) is 1.11. The van der Waals surface area contributed by atoms with Crippen LogP contribution in [-0.2, 0) is 17.7 Å². The zero-order valence-electron chi connectivity index (χ0n) is 12.0. The summed E-state index contributed by atoms with van der Waals surface area (Å²) in [5.74, 6) is 0.872. The number of hydrogen-bond donors (Lipinski definition) is 1. The molecule has 0 radical (unpaired) electrons. The van der Waals surface area contributed by atoms with Crippen LogP contribution in [0.1, 0.15) is 16.7 Å². The predicted octanol–water partition coefficient (Wildman–Crippen LogP) is 3.95. The number of thiophene rings is 1. The van der Waals surface area contributed by atoms with Crippen LogP contribution in [0, 0.1) is 0 Å². The molecule has 0 atom stereocenters. The van der Waals surface area contributed by atoms with Gasteiger partial charge in [0.1, 0.15) is 12.4 Å². The number of benzene rings is 1. The maximum absolute atomic E-state index is 5.53. The summed E-state index contributed by atoms with van der Waals surface area (Å²) in [5.41, 5.74) is 1.11. The largest absolute Gasteiger partial charge is 0.491 e. The van der Waals surface area contributed by atoms with Crippen LogP contribution >= 0.6 is 11.3 Å². The van der Waals surface area contributed by atoms with Crippen LogP contribution in [0.5, 0.6) is 5.75 Å². The van der Waals surface area contributed by atoms with E-state index in [1.165, 1.54) is 9.75 Å². The Kier molecular flexibility index (Phi) is 5.89. The van der Waals surface area contributed by atoms with Crippen molar-refractivity contribution in [1.29, 1.82) is 0 Å². The molecule has 2 aromatic rings. The Morgan fingerprint density at radius 2 is 1.75 bits per heavy atom. The third-order valence-electron chi connectivity index (χ3n) is 2.94. The molecule has 1 aromatic carbocycles. The van der Waals surface area contributed by atoms with Gasteiger partial charge in [-0.05, 0) is 42.8 Å². The van der Waals surface area contributed by atoms with Gasteiger partial charge >= 0.3 is 0 Å². The van der Waals surface area contributed by atoms with Crippen LogP contribution in [0.2, 0.25) is 0 Å². The third kappa shape index (κ3) is 4.54. The molecule has 20 heavy (non-hydrogen) atoms. The van der Waals surface area contributed by atoms with Gasteiger partial charge < -0.3 is 14.8 Å². The lowest BCUT2D eigenvalue weighted by Crippen LogP contribution is -2.04. The number of rotatable bonds is 8. The van der Waals surface area contributed by atoms with Gasteiger partial charge in [0.2, 0.25) is 0 Å². The maximum Gasteiger partial charge on any atom is 0.119 e. The van der Waals surface area contributed by atoms with Gasteiger partial charge in [-0.25, -0.2) is 0 Å². The standard InChI is InChI=1S/C16H21NO2S/c1-3-15-8-9-16(20-15)12-17-13-4-6-14(7-5-13)19-11-10-18-2/h4-9,17H,3,10-12H2,1-2H3. The first kappa shape index (κ1) is 14.9. The molecule has 0 aliphatic rings. The first-order valence-electron chi connectivity index (χ1n) is 6.85. The molecule has 1 N–H and O–H groups in total. The van der Waals surface area contributed by atoms with Crippen molar-refractivity contribution in [3.05, 3.63) is 46.2 Å². The zero-order valence-corrected chi connectivity index (χ0v) is 12.8. The Labute approximate surface area is 124 Å². The van der Waals surface area contributed by atoms with E-state index in [0.29, 0.717) is 13.2 Å². The quantitative estimate of drug-likeness (QED) is 0.747. The fourth-order valence-corrected chi connectivity index (χ4v) is 2.71. The Morgan fingerprint density at radius 3 is 2.40 bits per heavy atom. The van der Waals surface area contributed by atoms with Crippen molar-refractivity contribution in [2.24, 2.45) is 0 Å². The normalized spacial score (nSPS) is 10.5. The SMILES string of the molecule is CCc1ccc(CNc2ccc(OCCOC)cc2)s1. The average molecular weight is 291 g/mol.